The fourth-order valence-electron chi connectivity index (χ4n) is 3.57. The number of hydrogen-bond acceptors (Lipinski definition) is 3. The molecule has 1 heterocycles. The first-order valence-corrected chi connectivity index (χ1v) is 7.98. The molecular weight excluding hydrogens is 238 g/mol. The van der Waals surface area contributed by atoms with Crippen LogP contribution >= 0.6 is 0 Å². The molecule has 3 atom stereocenters. The van der Waals surface area contributed by atoms with Crippen molar-refractivity contribution in [1.82, 2.24) is 15.5 Å². The van der Waals surface area contributed by atoms with Crippen LogP contribution in [0.25, 0.3) is 0 Å². The lowest BCUT2D eigenvalue weighted by Crippen LogP contribution is -2.41. The summed E-state index contributed by atoms with van der Waals surface area (Å²) >= 11 is 0. The van der Waals surface area contributed by atoms with Gasteiger partial charge in [0, 0.05) is 25.0 Å². The normalized spacial score (nSPS) is 30.4. The number of amides is 1. The smallest absolute Gasteiger partial charge is 0.223 e. The highest BCUT2D eigenvalue weighted by atomic mass is 16.1. The van der Waals surface area contributed by atoms with Gasteiger partial charge in [0.15, 0.2) is 0 Å². The molecular formula is C15H29N3O. The molecule has 1 saturated carbocycles. The fraction of sp³-hybridized carbons (Fsp3) is 0.933. The summed E-state index contributed by atoms with van der Waals surface area (Å²) in [6.07, 6.45) is 4.59. The van der Waals surface area contributed by atoms with Crippen molar-refractivity contribution in [1.29, 1.82) is 0 Å². The topological polar surface area (TPSA) is 44.4 Å². The summed E-state index contributed by atoms with van der Waals surface area (Å²) in [5.74, 6) is 1.29. The van der Waals surface area contributed by atoms with Gasteiger partial charge in [0.05, 0.1) is 0 Å². The van der Waals surface area contributed by atoms with E-state index >= 15 is 0 Å². The minimum absolute atomic E-state index is 0.262. The zero-order valence-electron chi connectivity index (χ0n) is 12.5. The molecule has 0 radical (unpaired) electrons. The first-order chi connectivity index (χ1) is 9.24. The van der Waals surface area contributed by atoms with Gasteiger partial charge in [-0.25, -0.2) is 0 Å². The van der Waals surface area contributed by atoms with E-state index in [0.29, 0.717) is 6.04 Å². The zero-order chi connectivity index (χ0) is 13.7. The third-order valence-electron chi connectivity index (χ3n) is 4.90. The molecule has 1 amide bonds. The Kier molecular flexibility index (Phi) is 5.64. The number of fused-ring (bicyclic) bond motifs is 1. The summed E-state index contributed by atoms with van der Waals surface area (Å²) < 4.78 is 0. The van der Waals surface area contributed by atoms with Crippen LogP contribution < -0.4 is 10.6 Å². The van der Waals surface area contributed by atoms with Gasteiger partial charge >= 0.3 is 0 Å². The molecule has 4 heteroatoms. The number of rotatable bonds is 6. The summed E-state index contributed by atoms with van der Waals surface area (Å²) in [6, 6.07) is 0.694. The molecule has 1 aliphatic carbocycles. The largest absolute Gasteiger partial charge is 0.355 e. The molecule has 4 nitrogen and oxygen atoms in total. The SMILES string of the molecule is CCN(CC)CCNC(=O)C1CCC2NCCC2C1. The van der Waals surface area contributed by atoms with Gasteiger partial charge in [-0.15, -0.1) is 0 Å². The van der Waals surface area contributed by atoms with E-state index in [1.165, 1.54) is 12.8 Å². The highest BCUT2D eigenvalue weighted by molar-refractivity contribution is 5.78. The first-order valence-electron chi connectivity index (χ1n) is 7.98. The average molecular weight is 267 g/mol. The molecule has 0 aromatic rings. The van der Waals surface area contributed by atoms with E-state index in [-0.39, 0.29) is 11.8 Å². The Balaban J connectivity index is 1.68. The molecule has 2 aliphatic rings. The van der Waals surface area contributed by atoms with E-state index in [9.17, 15) is 4.79 Å². The Bertz CT molecular complexity index is 291. The lowest BCUT2D eigenvalue weighted by Gasteiger charge is -2.31. The molecule has 1 saturated heterocycles. The van der Waals surface area contributed by atoms with Crippen molar-refractivity contribution in [3.05, 3.63) is 0 Å². The van der Waals surface area contributed by atoms with Gasteiger partial charge in [-0.1, -0.05) is 13.8 Å². The van der Waals surface area contributed by atoms with Crippen LogP contribution in [0, 0.1) is 11.8 Å². The van der Waals surface area contributed by atoms with Crippen molar-refractivity contribution in [2.24, 2.45) is 11.8 Å². The van der Waals surface area contributed by atoms with Crippen LogP contribution in [0.15, 0.2) is 0 Å². The standard InChI is InChI=1S/C15H29N3O/c1-3-18(4-2)10-9-17-15(19)13-5-6-14-12(11-13)7-8-16-14/h12-14,16H,3-11H2,1-2H3,(H,17,19). The highest BCUT2D eigenvalue weighted by Gasteiger charge is 2.36. The predicted molar refractivity (Wildman–Crippen MR) is 78.0 cm³/mol. The maximum Gasteiger partial charge on any atom is 0.223 e. The lowest BCUT2D eigenvalue weighted by atomic mass is 9.78. The quantitative estimate of drug-likeness (QED) is 0.760. The number of likely N-dealkylation sites (N-methyl/N-ethyl adjacent to an activating group) is 1. The molecule has 2 rings (SSSR count). The Labute approximate surface area is 117 Å². The summed E-state index contributed by atoms with van der Waals surface area (Å²) in [7, 11) is 0. The van der Waals surface area contributed by atoms with Crippen LogP contribution in [0.2, 0.25) is 0 Å². The third kappa shape index (κ3) is 3.93. The monoisotopic (exact) mass is 267 g/mol. The molecule has 0 bridgehead atoms. The molecule has 2 fully saturated rings. The molecule has 0 spiro atoms. The molecule has 0 aromatic heterocycles. The van der Waals surface area contributed by atoms with Crippen molar-refractivity contribution < 1.29 is 4.79 Å². The van der Waals surface area contributed by atoms with Crippen LogP contribution in [0.5, 0.6) is 0 Å². The number of carbonyl (C=O) groups excluding carboxylic acids is 1. The molecule has 2 N–H and O–H groups in total. The van der Waals surface area contributed by atoms with Crippen LogP contribution in [0.3, 0.4) is 0 Å². The minimum atomic E-state index is 0.262. The molecule has 0 aromatic carbocycles. The van der Waals surface area contributed by atoms with Crippen LogP contribution in [0.1, 0.15) is 39.5 Å². The second-order valence-electron chi connectivity index (χ2n) is 5.94. The van der Waals surface area contributed by atoms with E-state index in [2.05, 4.69) is 29.4 Å². The van der Waals surface area contributed by atoms with Crippen LogP contribution in [-0.2, 0) is 4.79 Å². The van der Waals surface area contributed by atoms with Gasteiger partial charge < -0.3 is 15.5 Å². The Morgan fingerprint density at radius 1 is 1.26 bits per heavy atom. The fourth-order valence-corrected chi connectivity index (χ4v) is 3.57. The van der Waals surface area contributed by atoms with Gasteiger partial charge in [-0.3, -0.25) is 4.79 Å². The van der Waals surface area contributed by atoms with E-state index in [4.69, 9.17) is 0 Å². The maximum atomic E-state index is 12.2. The van der Waals surface area contributed by atoms with Crippen LogP contribution in [-0.4, -0.2) is 49.6 Å². The number of nitrogens with one attached hydrogen (secondary N) is 2. The van der Waals surface area contributed by atoms with E-state index in [1.807, 2.05) is 0 Å². The molecule has 3 unspecified atom stereocenters. The molecule has 19 heavy (non-hydrogen) atoms. The van der Waals surface area contributed by atoms with Gasteiger partial charge in [-0.05, 0) is 51.2 Å². The van der Waals surface area contributed by atoms with Crippen molar-refractivity contribution in [2.75, 3.05) is 32.7 Å². The number of hydrogen-bond donors (Lipinski definition) is 2. The Morgan fingerprint density at radius 2 is 2.05 bits per heavy atom. The predicted octanol–water partition coefficient (Wildman–Crippen LogP) is 1.22. The summed E-state index contributed by atoms with van der Waals surface area (Å²) in [5, 5.41) is 6.68. The van der Waals surface area contributed by atoms with E-state index in [1.54, 1.807) is 0 Å². The van der Waals surface area contributed by atoms with Crippen molar-refractivity contribution in [3.63, 3.8) is 0 Å². The number of nitrogens with zero attached hydrogens (tertiary/aromatic N) is 1. The Morgan fingerprint density at radius 3 is 2.79 bits per heavy atom. The maximum absolute atomic E-state index is 12.2. The van der Waals surface area contributed by atoms with Crippen molar-refractivity contribution in [3.8, 4) is 0 Å². The van der Waals surface area contributed by atoms with Crippen molar-refractivity contribution in [2.45, 2.75) is 45.6 Å². The van der Waals surface area contributed by atoms with Crippen molar-refractivity contribution >= 4 is 5.91 Å². The summed E-state index contributed by atoms with van der Waals surface area (Å²) in [6.45, 7) is 9.36. The highest BCUT2D eigenvalue weighted by Crippen LogP contribution is 2.34. The second kappa shape index (κ2) is 7.25. The third-order valence-corrected chi connectivity index (χ3v) is 4.90. The molecule has 1 aliphatic heterocycles. The van der Waals surface area contributed by atoms with Gasteiger partial charge in [0.2, 0.25) is 5.91 Å². The minimum Gasteiger partial charge on any atom is -0.355 e. The summed E-state index contributed by atoms with van der Waals surface area (Å²) in [5.41, 5.74) is 0. The van der Waals surface area contributed by atoms with Gasteiger partial charge in [-0.2, -0.15) is 0 Å². The number of carbonyl (C=O) groups is 1. The van der Waals surface area contributed by atoms with Gasteiger partial charge in [0.1, 0.15) is 0 Å². The van der Waals surface area contributed by atoms with E-state index < -0.39 is 0 Å². The summed E-state index contributed by atoms with van der Waals surface area (Å²) in [4.78, 5) is 14.5. The first kappa shape index (κ1) is 14.8. The van der Waals surface area contributed by atoms with Crippen LogP contribution in [0.4, 0.5) is 0 Å². The Hall–Kier alpha value is -0.610. The van der Waals surface area contributed by atoms with Gasteiger partial charge in [0.25, 0.3) is 0 Å². The average Bonchev–Trinajstić information content (AvgIpc) is 2.90. The molecule has 110 valence electrons. The zero-order valence-corrected chi connectivity index (χ0v) is 12.5. The second-order valence-corrected chi connectivity index (χ2v) is 5.94. The lowest BCUT2D eigenvalue weighted by molar-refractivity contribution is -0.126. The van der Waals surface area contributed by atoms with E-state index in [0.717, 1.165) is 51.5 Å².